The molecule has 2 aromatic rings. The van der Waals surface area contributed by atoms with Crippen LogP contribution in [0.1, 0.15) is 5.56 Å². The summed E-state index contributed by atoms with van der Waals surface area (Å²) in [7, 11) is 0. The summed E-state index contributed by atoms with van der Waals surface area (Å²) < 4.78 is 0.960. The van der Waals surface area contributed by atoms with E-state index >= 15 is 0 Å². The Morgan fingerprint density at radius 3 is 2.22 bits per heavy atom. The van der Waals surface area contributed by atoms with Gasteiger partial charge in [0.2, 0.25) is 0 Å². The Hall–Kier alpha value is -0.410. The average Bonchev–Trinajstić information content (AvgIpc) is 2.26. The Kier molecular flexibility index (Phi) is 4.79. The third-order valence-corrected chi connectivity index (χ3v) is 3.64. The van der Waals surface area contributed by atoms with Gasteiger partial charge in [-0.25, -0.2) is 0 Å². The van der Waals surface area contributed by atoms with Gasteiger partial charge < -0.3 is 5.32 Å². The zero-order valence-corrected chi connectivity index (χ0v) is 13.0. The van der Waals surface area contributed by atoms with E-state index in [-0.39, 0.29) is 0 Å². The van der Waals surface area contributed by atoms with Crippen molar-refractivity contribution in [2.45, 2.75) is 6.54 Å². The van der Waals surface area contributed by atoms with Gasteiger partial charge in [-0.3, -0.25) is 0 Å². The molecular weight excluding hydrogens is 356 g/mol. The first-order valence-electron chi connectivity index (χ1n) is 5.18. The average molecular weight is 365 g/mol. The summed E-state index contributed by atoms with van der Waals surface area (Å²) in [5.74, 6) is 0. The van der Waals surface area contributed by atoms with Crippen molar-refractivity contribution in [2.24, 2.45) is 0 Å². The Bertz CT molecular complexity index is 552. The lowest BCUT2D eigenvalue weighted by molar-refractivity contribution is 1.15. The van der Waals surface area contributed by atoms with Gasteiger partial charge in [0.25, 0.3) is 0 Å². The fourth-order valence-electron chi connectivity index (χ4n) is 1.52. The van der Waals surface area contributed by atoms with E-state index in [1.165, 1.54) is 0 Å². The van der Waals surface area contributed by atoms with Crippen molar-refractivity contribution in [3.8, 4) is 0 Å². The predicted molar refractivity (Wildman–Crippen MR) is 82.9 cm³/mol. The van der Waals surface area contributed by atoms with Crippen LogP contribution in [0.5, 0.6) is 0 Å². The van der Waals surface area contributed by atoms with E-state index in [4.69, 9.17) is 34.8 Å². The maximum atomic E-state index is 6.14. The molecular formula is C13H9BrCl3N. The van der Waals surface area contributed by atoms with Crippen LogP contribution in [0.15, 0.2) is 40.9 Å². The number of hydrogen-bond donors (Lipinski definition) is 1. The Labute approximate surface area is 129 Å². The molecule has 2 rings (SSSR count). The largest absolute Gasteiger partial charge is 0.381 e. The molecule has 5 heteroatoms. The van der Waals surface area contributed by atoms with Crippen molar-refractivity contribution < 1.29 is 0 Å². The molecule has 1 N–H and O–H groups in total. The van der Waals surface area contributed by atoms with Crippen molar-refractivity contribution in [1.82, 2.24) is 0 Å². The molecule has 94 valence electrons. The molecule has 0 aromatic heterocycles. The van der Waals surface area contributed by atoms with Crippen LogP contribution in [0.4, 0.5) is 5.69 Å². The molecule has 1 nitrogen and oxygen atoms in total. The van der Waals surface area contributed by atoms with Gasteiger partial charge in [-0.1, -0.05) is 56.8 Å². The van der Waals surface area contributed by atoms with Crippen LogP contribution in [0.3, 0.4) is 0 Å². The van der Waals surface area contributed by atoms with Crippen LogP contribution >= 0.6 is 50.7 Å². The van der Waals surface area contributed by atoms with Crippen LogP contribution < -0.4 is 5.32 Å². The maximum absolute atomic E-state index is 6.14. The van der Waals surface area contributed by atoms with E-state index in [0.29, 0.717) is 21.6 Å². The molecule has 2 aromatic carbocycles. The zero-order valence-electron chi connectivity index (χ0n) is 9.18. The smallest absolute Gasteiger partial charge is 0.0467 e. The second-order valence-corrected chi connectivity index (χ2v) is 5.94. The van der Waals surface area contributed by atoms with Gasteiger partial charge in [0, 0.05) is 31.8 Å². The van der Waals surface area contributed by atoms with Gasteiger partial charge in [0.05, 0.1) is 0 Å². The van der Waals surface area contributed by atoms with Gasteiger partial charge in [-0.2, -0.15) is 0 Å². The molecule has 0 spiro atoms. The van der Waals surface area contributed by atoms with Crippen molar-refractivity contribution in [1.29, 1.82) is 0 Å². The molecule has 0 radical (unpaired) electrons. The Morgan fingerprint density at radius 1 is 0.944 bits per heavy atom. The zero-order chi connectivity index (χ0) is 13.1. The molecule has 0 amide bonds. The molecule has 0 aliphatic carbocycles. The molecule has 0 saturated carbocycles. The summed E-state index contributed by atoms with van der Waals surface area (Å²) in [6.07, 6.45) is 0. The first kappa shape index (κ1) is 14.0. The van der Waals surface area contributed by atoms with Crippen molar-refractivity contribution in [2.75, 3.05) is 5.32 Å². The number of nitrogens with one attached hydrogen (secondary N) is 1. The molecule has 18 heavy (non-hydrogen) atoms. The van der Waals surface area contributed by atoms with Gasteiger partial charge in [-0.05, 0) is 35.9 Å². The van der Waals surface area contributed by atoms with E-state index in [0.717, 1.165) is 15.7 Å². The Balaban J connectivity index is 2.11. The summed E-state index contributed by atoms with van der Waals surface area (Å²) in [6, 6.07) is 11.1. The molecule has 0 heterocycles. The van der Waals surface area contributed by atoms with Crippen molar-refractivity contribution in [3.63, 3.8) is 0 Å². The van der Waals surface area contributed by atoms with Gasteiger partial charge in [0.1, 0.15) is 0 Å². The monoisotopic (exact) mass is 363 g/mol. The minimum absolute atomic E-state index is 0.604. The van der Waals surface area contributed by atoms with Gasteiger partial charge in [0.15, 0.2) is 0 Å². The fraction of sp³-hybridized carbons (Fsp3) is 0.0769. The first-order valence-corrected chi connectivity index (χ1v) is 7.11. The van der Waals surface area contributed by atoms with Crippen LogP contribution in [-0.4, -0.2) is 0 Å². The van der Waals surface area contributed by atoms with Gasteiger partial charge in [-0.15, -0.1) is 0 Å². The molecule has 0 fully saturated rings. The molecule has 0 aliphatic rings. The van der Waals surface area contributed by atoms with Crippen LogP contribution in [-0.2, 0) is 6.54 Å². The number of benzene rings is 2. The number of hydrogen-bond acceptors (Lipinski definition) is 1. The minimum atomic E-state index is 0.604. The summed E-state index contributed by atoms with van der Waals surface area (Å²) in [5, 5.41) is 5.15. The second kappa shape index (κ2) is 6.16. The van der Waals surface area contributed by atoms with Crippen molar-refractivity contribution >= 4 is 56.4 Å². The highest BCUT2D eigenvalue weighted by molar-refractivity contribution is 9.10. The fourth-order valence-corrected chi connectivity index (χ4v) is 2.78. The highest BCUT2D eigenvalue weighted by atomic mass is 79.9. The summed E-state index contributed by atoms with van der Waals surface area (Å²) >= 11 is 21.4. The SMILES string of the molecule is Clc1cc(Cl)cc(NCc2ccc(Br)cc2Cl)c1. The Morgan fingerprint density at radius 2 is 1.61 bits per heavy atom. The minimum Gasteiger partial charge on any atom is -0.381 e. The van der Waals surface area contributed by atoms with E-state index < -0.39 is 0 Å². The highest BCUT2D eigenvalue weighted by Crippen LogP contribution is 2.25. The van der Waals surface area contributed by atoms with E-state index in [1.54, 1.807) is 6.07 Å². The number of rotatable bonds is 3. The summed E-state index contributed by atoms with van der Waals surface area (Å²) in [5.41, 5.74) is 1.88. The lowest BCUT2D eigenvalue weighted by Gasteiger charge is -2.09. The highest BCUT2D eigenvalue weighted by Gasteiger charge is 2.02. The number of halogens is 4. The normalized spacial score (nSPS) is 10.4. The molecule has 0 bridgehead atoms. The lowest BCUT2D eigenvalue weighted by Crippen LogP contribution is -2.00. The number of anilines is 1. The topological polar surface area (TPSA) is 12.0 Å². The van der Waals surface area contributed by atoms with E-state index in [9.17, 15) is 0 Å². The maximum Gasteiger partial charge on any atom is 0.0467 e. The second-order valence-electron chi connectivity index (χ2n) is 3.75. The third kappa shape index (κ3) is 3.79. The third-order valence-electron chi connectivity index (χ3n) is 2.36. The van der Waals surface area contributed by atoms with Crippen LogP contribution in [0.25, 0.3) is 0 Å². The predicted octanol–water partition coefficient (Wildman–Crippen LogP) is 6.02. The van der Waals surface area contributed by atoms with E-state index in [2.05, 4.69) is 21.2 Å². The molecule has 0 unspecified atom stereocenters. The summed E-state index contributed by atoms with van der Waals surface area (Å²) in [4.78, 5) is 0. The molecule has 0 aliphatic heterocycles. The van der Waals surface area contributed by atoms with E-state index in [1.807, 2.05) is 30.3 Å². The van der Waals surface area contributed by atoms with Gasteiger partial charge >= 0.3 is 0 Å². The quantitative estimate of drug-likeness (QED) is 0.701. The molecule has 0 atom stereocenters. The summed E-state index contributed by atoms with van der Waals surface area (Å²) in [6.45, 7) is 0.614. The molecule has 0 saturated heterocycles. The van der Waals surface area contributed by atoms with Crippen LogP contribution in [0, 0.1) is 0 Å². The standard InChI is InChI=1S/C13H9BrCl3N/c14-9-2-1-8(13(17)3-9)7-18-12-5-10(15)4-11(16)6-12/h1-6,18H,7H2. The van der Waals surface area contributed by atoms with Crippen LogP contribution in [0.2, 0.25) is 15.1 Å². The lowest BCUT2D eigenvalue weighted by atomic mass is 10.2. The van der Waals surface area contributed by atoms with Crippen molar-refractivity contribution in [3.05, 3.63) is 61.5 Å². The first-order chi connectivity index (χ1) is 8.54.